The lowest BCUT2D eigenvalue weighted by Crippen LogP contribution is -2.41. The first kappa shape index (κ1) is 20.3. The molecule has 7 nitrogen and oxygen atoms in total. The molecule has 0 bridgehead atoms. The molecular weight excluding hydrogens is 378 g/mol. The molecule has 1 amide bonds. The van der Waals surface area contributed by atoms with E-state index in [-0.39, 0.29) is 17.8 Å². The molecule has 0 aliphatic carbocycles. The Bertz CT molecular complexity index is 815. The third-order valence-electron chi connectivity index (χ3n) is 4.73. The predicted molar refractivity (Wildman–Crippen MR) is 107 cm³/mol. The van der Waals surface area contributed by atoms with E-state index in [1.165, 1.54) is 11.8 Å². The highest BCUT2D eigenvalue weighted by Gasteiger charge is 2.28. The number of piperidine rings is 1. The second-order valence-electron chi connectivity index (χ2n) is 6.48. The van der Waals surface area contributed by atoms with Crippen molar-refractivity contribution in [3.8, 4) is 11.4 Å². The first-order valence-electron chi connectivity index (χ1n) is 9.37. The average molecular weight is 404 g/mol. The summed E-state index contributed by atoms with van der Waals surface area (Å²) in [5.41, 5.74) is 0.932. The number of hydrogen-bond acceptors (Lipinski definition) is 6. The maximum absolute atomic E-state index is 12.6. The molecule has 2 heterocycles. The van der Waals surface area contributed by atoms with E-state index in [1.54, 1.807) is 13.3 Å². The summed E-state index contributed by atoms with van der Waals surface area (Å²) in [7, 11) is 1.63. The van der Waals surface area contributed by atoms with Gasteiger partial charge in [-0.1, -0.05) is 17.8 Å². The van der Waals surface area contributed by atoms with Gasteiger partial charge in [-0.15, -0.1) is 0 Å². The largest absolute Gasteiger partial charge is 0.497 e. The van der Waals surface area contributed by atoms with Crippen LogP contribution >= 0.6 is 11.8 Å². The van der Waals surface area contributed by atoms with E-state index in [1.807, 2.05) is 46.9 Å². The van der Waals surface area contributed by atoms with Gasteiger partial charge in [0.25, 0.3) is 0 Å². The maximum Gasteiger partial charge on any atom is 0.309 e. The van der Waals surface area contributed by atoms with E-state index in [2.05, 4.69) is 4.98 Å². The fourth-order valence-electron chi connectivity index (χ4n) is 3.20. The van der Waals surface area contributed by atoms with E-state index >= 15 is 0 Å². The van der Waals surface area contributed by atoms with Crippen molar-refractivity contribution in [2.75, 3.05) is 32.6 Å². The number of nitrogens with zero attached hydrogens (tertiary/aromatic N) is 3. The molecule has 1 aromatic heterocycles. The summed E-state index contributed by atoms with van der Waals surface area (Å²) in [4.78, 5) is 30.6. The lowest BCUT2D eigenvalue weighted by Gasteiger charge is -2.30. The zero-order chi connectivity index (χ0) is 19.9. The molecule has 0 saturated carbocycles. The lowest BCUT2D eigenvalue weighted by molar-refractivity contribution is -0.151. The second-order valence-corrected chi connectivity index (χ2v) is 7.42. The van der Waals surface area contributed by atoms with Crippen LogP contribution in [0.25, 0.3) is 5.69 Å². The van der Waals surface area contributed by atoms with Crippen molar-refractivity contribution < 1.29 is 19.1 Å². The summed E-state index contributed by atoms with van der Waals surface area (Å²) in [5, 5.41) is 0.753. The third kappa shape index (κ3) is 4.86. The van der Waals surface area contributed by atoms with Crippen LogP contribution < -0.4 is 4.74 Å². The minimum Gasteiger partial charge on any atom is -0.497 e. The van der Waals surface area contributed by atoms with Crippen LogP contribution in [0.5, 0.6) is 5.75 Å². The Morgan fingerprint density at radius 3 is 2.79 bits per heavy atom. The molecule has 1 aromatic carbocycles. The summed E-state index contributed by atoms with van der Waals surface area (Å²) in [6.45, 7) is 3.39. The zero-order valence-corrected chi connectivity index (χ0v) is 17.0. The number of likely N-dealkylation sites (tertiary alicyclic amines) is 1. The van der Waals surface area contributed by atoms with Gasteiger partial charge in [-0.3, -0.25) is 14.2 Å². The average Bonchev–Trinajstić information content (AvgIpc) is 3.21. The minimum atomic E-state index is -0.149. The van der Waals surface area contributed by atoms with Gasteiger partial charge in [-0.05, 0) is 31.9 Å². The molecular formula is C20H25N3O4S. The van der Waals surface area contributed by atoms with E-state index in [9.17, 15) is 9.59 Å². The van der Waals surface area contributed by atoms with Gasteiger partial charge in [-0.2, -0.15) is 0 Å². The fourth-order valence-corrected chi connectivity index (χ4v) is 4.07. The summed E-state index contributed by atoms with van der Waals surface area (Å²) < 4.78 is 12.3. The molecule has 0 N–H and O–H groups in total. The van der Waals surface area contributed by atoms with Gasteiger partial charge in [0.15, 0.2) is 5.16 Å². The Morgan fingerprint density at radius 2 is 2.07 bits per heavy atom. The molecule has 2 aromatic rings. The van der Waals surface area contributed by atoms with Gasteiger partial charge in [0.1, 0.15) is 5.75 Å². The molecule has 1 aliphatic heterocycles. The van der Waals surface area contributed by atoms with Gasteiger partial charge >= 0.3 is 5.97 Å². The summed E-state index contributed by atoms with van der Waals surface area (Å²) in [6, 6.07) is 7.70. The van der Waals surface area contributed by atoms with Crippen LogP contribution in [-0.2, 0) is 14.3 Å². The quantitative estimate of drug-likeness (QED) is 0.523. The number of benzene rings is 1. The number of hydrogen-bond donors (Lipinski definition) is 0. The molecule has 1 aliphatic rings. The van der Waals surface area contributed by atoms with Gasteiger partial charge in [0.2, 0.25) is 5.91 Å². The number of carbonyl (C=O) groups excluding carboxylic acids is 2. The van der Waals surface area contributed by atoms with Crippen molar-refractivity contribution in [2.24, 2.45) is 5.92 Å². The fraction of sp³-hybridized carbons (Fsp3) is 0.450. The van der Waals surface area contributed by atoms with Crippen LogP contribution in [0.15, 0.2) is 41.8 Å². The number of aromatic nitrogens is 2. The standard InChI is InChI=1S/C20H25N3O4S/c1-3-27-19(25)15-7-10-22(11-8-15)18(24)14-28-20-21-9-12-23(20)16-5-4-6-17(13-16)26-2/h4-6,9,12-13,15H,3,7-8,10-11,14H2,1-2H3. The number of thioether (sulfide) groups is 1. The molecule has 150 valence electrons. The normalized spacial score (nSPS) is 14.7. The van der Waals surface area contributed by atoms with Crippen molar-refractivity contribution in [3.05, 3.63) is 36.7 Å². The molecule has 0 spiro atoms. The van der Waals surface area contributed by atoms with Crippen LogP contribution in [0.1, 0.15) is 19.8 Å². The van der Waals surface area contributed by atoms with Crippen molar-refractivity contribution in [3.63, 3.8) is 0 Å². The number of imidazole rings is 1. The van der Waals surface area contributed by atoms with Crippen LogP contribution in [0.2, 0.25) is 0 Å². The van der Waals surface area contributed by atoms with Gasteiger partial charge in [0, 0.05) is 31.5 Å². The number of esters is 1. The molecule has 0 atom stereocenters. The van der Waals surface area contributed by atoms with E-state index in [0.29, 0.717) is 38.3 Å². The Balaban J connectivity index is 1.55. The molecule has 3 rings (SSSR count). The third-order valence-corrected chi connectivity index (χ3v) is 5.68. The van der Waals surface area contributed by atoms with Crippen molar-refractivity contribution >= 4 is 23.6 Å². The number of rotatable bonds is 7. The Hall–Kier alpha value is -2.48. The van der Waals surface area contributed by atoms with Gasteiger partial charge < -0.3 is 14.4 Å². The summed E-state index contributed by atoms with van der Waals surface area (Å²) >= 11 is 1.41. The summed E-state index contributed by atoms with van der Waals surface area (Å²) in [5.74, 6) is 0.897. The van der Waals surface area contributed by atoms with Crippen molar-refractivity contribution in [1.82, 2.24) is 14.5 Å². The monoisotopic (exact) mass is 403 g/mol. The molecule has 0 unspecified atom stereocenters. The van der Waals surface area contributed by atoms with E-state index < -0.39 is 0 Å². The first-order valence-corrected chi connectivity index (χ1v) is 10.4. The Labute approximate surface area is 169 Å². The predicted octanol–water partition coefficient (Wildman–Crippen LogP) is 2.77. The SMILES string of the molecule is CCOC(=O)C1CCN(C(=O)CSc2nccn2-c2cccc(OC)c2)CC1. The zero-order valence-electron chi connectivity index (χ0n) is 16.2. The van der Waals surface area contributed by atoms with Crippen LogP contribution in [0.4, 0.5) is 0 Å². The minimum absolute atomic E-state index is 0.0625. The molecule has 8 heteroatoms. The second kappa shape index (κ2) is 9.64. The lowest BCUT2D eigenvalue weighted by atomic mass is 9.97. The molecule has 28 heavy (non-hydrogen) atoms. The molecule has 1 saturated heterocycles. The van der Waals surface area contributed by atoms with E-state index in [4.69, 9.17) is 9.47 Å². The van der Waals surface area contributed by atoms with Crippen LogP contribution in [-0.4, -0.2) is 58.9 Å². The Kier molecular flexibility index (Phi) is 6.97. The maximum atomic E-state index is 12.6. The Morgan fingerprint density at radius 1 is 1.29 bits per heavy atom. The number of ether oxygens (including phenoxy) is 2. The van der Waals surface area contributed by atoms with Gasteiger partial charge in [0.05, 0.1) is 31.1 Å². The van der Waals surface area contributed by atoms with Crippen molar-refractivity contribution in [1.29, 1.82) is 0 Å². The summed E-state index contributed by atoms with van der Waals surface area (Å²) in [6.07, 6.45) is 4.91. The topological polar surface area (TPSA) is 73.7 Å². The number of carbonyl (C=O) groups is 2. The molecule has 1 fully saturated rings. The first-order chi connectivity index (χ1) is 13.6. The highest BCUT2D eigenvalue weighted by atomic mass is 32.2. The van der Waals surface area contributed by atoms with Crippen LogP contribution in [0, 0.1) is 5.92 Å². The number of amides is 1. The number of methoxy groups -OCH3 is 1. The smallest absolute Gasteiger partial charge is 0.309 e. The van der Waals surface area contributed by atoms with E-state index in [0.717, 1.165) is 16.6 Å². The van der Waals surface area contributed by atoms with Crippen molar-refractivity contribution in [2.45, 2.75) is 24.9 Å². The van der Waals surface area contributed by atoms with Gasteiger partial charge in [-0.25, -0.2) is 4.98 Å². The highest BCUT2D eigenvalue weighted by Crippen LogP contribution is 2.24. The highest BCUT2D eigenvalue weighted by molar-refractivity contribution is 7.99. The van der Waals surface area contributed by atoms with Crippen LogP contribution in [0.3, 0.4) is 0 Å². The molecule has 0 radical (unpaired) electrons.